The number of pyridine rings is 2. The van der Waals surface area contributed by atoms with Crippen LogP contribution in [0.15, 0.2) is 137 Å². The Bertz CT molecular complexity index is 5800. The third kappa shape index (κ3) is 16.2. The Kier molecular flexibility index (Phi) is 22.3. The summed E-state index contributed by atoms with van der Waals surface area (Å²) in [7, 11) is -4.89. The van der Waals surface area contributed by atoms with Crippen LogP contribution in [0.5, 0.6) is 23.0 Å². The number of para-hydroxylation sites is 3. The van der Waals surface area contributed by atoms with Crippen LogP contribution in [-0.2, 0) is 48.8 Å². The van der Waals surface area contributed by atoms with Crippen LogP contribution in [0, 0.1) is 35.3 Å². The molecule has 16 rings (SSSR count). The molecule has 0 radical (unpaired) electrons. The first-order valence-electron chi connectivity index (χ1n) is 39.6. The summed E-state index contributed by atoms with van der Waals surface area (Å²) in [6, 6.07) is 21.5. The summed E-state index contributed by atoms with van der Waals surface area (Å²) >= 11 is 0. The van der Waals surface area contributed by atoms with Crippen molar-refractivity contribution in [1.29, 1.82) is 0 Å². The van der Waals surface area contributed by atoms with Gasteiger partial charge >= 0.3 is 12.1 Å². The van der Waals surface area contributed by atoms with E-state index in [1.54, 1.807) is 94.4 Å². The molecule has 34 heteroatoms. The highest BCUT2D eigenvalue weighted by molar-refractivity contribution is 7.91. The SMILES string of the molecule is C=C[C@@H]1C[C@]1(NC(=O)[C@@H]1C[C@@H](Oc2c3ccc(F)cc3nc3c2oc2c(OC)cccc23)CN1C(=O)[C@@H](NC(=O)NC1CCCCC1)C(C)C)C(=O)NS(=O)(=O)C1CC1.C=C[C@@H]1C[C@]1(NC(=O)[C@@H]1C[C@@H](Oc2c3ccc(F)cc3nc3c2oc2c(OC)cccc23)CN1C(=O)[C@@H](NC(=O)Nc1ccccc1)C(C)C)C(=O)NS(=O)(=O)C1CC1. The monoisotopic (exact) mass is 1660 g/mol. The van der Waals surface area contributed by atoms with Gasteiger partial charge in [-0.05, 0) is 124 Å². The molecule has 30 nitrogen and oxygen atoms in total. The van der Waals surface area contributed by atoms with Crippen molar-refractivity contribution in [1.82, 2.24) is 55.8 Å². The molecule has 9 aromatic rings. The number of nitrogens with one attached hydrogen (secondary N) is 8. The van der Waals surface area contributed by atoms with Gasteiger partial charge in [-0.15, -0.1) is 13.2 Å². The average molecular weight is 1660 g/mol. The van der Waals surface area contributed by atoms with E-state index >= 15 is 0 Å². The Morgan fingerprint density at radius 2 is 0.975 bits per heavy atom. The van der Waals surface area contributed by atoms with Crippen molar-refractivity contribution in [2.45, 2.75) is 175 Å². The zero-order valence-electron chi connectivity index (χ0n) is 65.7. The Morgan fingerprint density at radius 1 is 0.542 bits per heavy atom. The van der Waals surface area contributed by atoms with E-state index in [0.29, 0.717) is 86.6 Å². The third-order valence-electron chi connectivity index (χ3n) is 23.2. The standard InChI is InChI=1S/C42H49FN6O9S.C42H43FN6O9S/c2*1-5-23-20-42(23,40(52)48-59(54,55)27-15-16-27)47-38(50)31-19-26(21-49(31)39(51)33(22(2)3)46-41(53)44-25-10-7-6-8-11-25)57-36-28-17-14-24(43)18-30(28)45-34-29-12-9-13-32(56-4)35(29)58-37(34)36/h5,9,12-14,17-18,22-23,25-27,31,33H,1,6-8,10-11,15-16,19-21H2,2-4H3,(H,47,50)(H,48,52)(H2,44,46,53);5-14,17-18,22-23,26-27,31,33H,1,15-16,19-21H2,2-4H3,(H,47,50)(H,48,52)(H2,44,46,53)/t2*23-,26-,31+,33+,42-/m11/s1. The number of urea groups is 2. The van der Waals surface area contributed by atoms with Gasteiger partial charge in [-0.3, -0.25) is 38.2 Å². The lowest BCUT2D eigenvalue weighted by atomic mass is 9.95. The number of hydrogen-bond acceptors (Lipinski definition) is 20. The first-order valence-corrected chi connectivity index (χ1v) is 42.7. The number of benzene rings is 5. The minimum Gasteiger partial charge on any atom is -0.493 e. The van der Waals surface area contributed by atoms with Crippen LogP contribution in [0.1, 0.15) is 111 Å². The fourth-order valence-electron chi connectivity index (χ4n) is 16.3. The number of amides is 10. The molecule has 8 N–H and O–H groups in total. The summed E-state index contributed by atoms with van der Waals surface area (Å²) in [5, 5.41) is 17.6. The van der Waals surface area contributed by atoms with E-state index in [0.717, 1.165) is 32.1 Å². The number of anilines is 1. The molecule has 5 aromatic carbocycles. The number of halogens is 2. The molecule has 7 aliphatic rings. The second-order valence-corrected chi connectivity index (χ2v) is 36.0. The number of aromatic nitrogens is 2. The van der Waals surface area contributed by atoms with Crippen molar-refractivity contribution in [3.8, 4) is 23.0 Å². The van der Waals surface area contributed by atoms with Gasteiger partial charge in [0.25, 0.3) is 11.8 Å². The van der Waals surface area contributed by atoms with E-state index in [9.17, 15) is 64.0 Å². The van der Waals surface area contributed by atoms with Crippen LogP contribution in [-0.4, -0.2) is 175 Å². The average Bonchev–Trinajstić information content (AvgIpc) is 1.58. The number of methoxy groups -OCH3 is 2. The summed E-state index contributed by atoms with van der Waals surface area (Å²) in [6.45, 7) is 14.4. The van der Waals surface area contributed by atoms with Crippen LogP contribution >= 0.6 is 0 Å². The lowest BCUT2D eigenvalue weighted by Gasteiger charge is -2.32. The molecule has 0 spiro atoms. The second-order valence-electron chi connectivity index (χ2n) is 32.1. The summed E-state index contributed by atoms with van der Waals surface area (Å²) in [4.78, 5) is 124. The quantitative estimate of drug-likeness (QED) is 0.0234. The predicted octanol–water partition coefficient (Wildman–Crippen LogP) is 10.1. The van der Waals surface area contributed by atoms with E-state index < -0.39 is 161 Å². The summed E-state index contributed by atoms with van der Waals surface area (Å²) in [5.74, 6) is -6.09. The topological polar surface area (TPSA) is 397 Å². The molecule has 10 amide bonds. The molecule has 622 valence electrons. The minimum absolute atomic E-state index is 0.0177. The lowest BCUT2D eigenvalue weighted by Crippen LogP contribution is -2.59. The van der Waals surface area contributed by atoms with Crippen LogP contribution in [0.2, 0.25) is 0 Å². The number of carbonyl (C=O) groups is 8. The maximum atomic E-state index is 14.7. The number of rotatable bonds is 26. The lowest BCUT2D eigenvalue weighted by molar-refractivity contribution is -0.141. The van der Waals surface area contributed by atoms with Crippen molar-refractivity contribution < 1.29 is 91.8 Å². The zero-order chi connectivity index (χ0) is 83.6. The Hall–Kier alpha value is -11.7. The minimum atomic E-state index is -3.95. The van der Waals surface area contributed by atoms with Gasteiger partial charge in [-0.25, -0.2) is 45.2 Å². The molecule has 118 heavy (non-hydrogen) atoms. The molecule has 4 aromatic heterocycles. The number of carbonyl (C=O) groups excluding carboxylic acids is 8. The van der Waals surface area contributed by atoms with Crippen molar-refractivity contribution in [3.63, 3.8) is 0 Å². The summed E-state index contributed by atoms with van der Waals surface area (Å²) in [5.41, 5.74) is -0.162. The van der Waals surface area contributed by atoms with Gasteiger partial charge in [0, 0.05) is 59.3 Å². The third-order valence-corrected chi connectivity index (χ3v) is 26.8. The van der Waals surface area contributed by atoms with Crippen LogP contribution in [0.3, 0.4) is 0 Å². The highest BCUT2D eigenvalue weighted by Gasteiger charge is 2.64. The van der Waals surface area contributed by atoms with Crippen LogP contribution in [0.4, 0.5) is 24.1 Å². The Morgan fingerprint density at radius 3 is 1.37 bits per heavy atom. The van der Waals surface area contributed by atoms with E-state index in [-0.39, 0.29) is 78.5 Å². The number of ether oxygens (including phenoxy) is 4. The van der Waals surface area contributed by atoms with Gasteiger partial charge in [-0.1, -0.05) is 89.4 Å². The smallest absolute Gasteiger partial charge is 0.319 e. The normalized spacial score (nSPS) is 22.9. The largest absolute Gasteiger partial charge is 0.493 e. The maximum absolute atomic E-state index is 14.7. The number of likely N-dealkylation sites (tertiary alicyclic amines) is 2. The van der Waals surface area contributed by atoms with E-state index in [2.05, 4.69) is 54.5 Å². The molecule has 5 saturated carbocycles. The molecule has 2 aliphatic heterocycles. The predicted molar refractivity (Wildman–Crippen MR) is 433 cm³/mol. The second kappa shape index (κ2) is 32.3. The molecule has 5 aliphatic carbocycles. The highest BCUT2D eigenvalue weighted by atomic mass is 32.2. The number of nitrogens with zero attached hydrogens (tertiary/aromatic N) is 4. The fourth-order valence-corrected chi connectivity index (χ4v) is 19.0. The zero-order valence-corrected chi connectivity index (χ0v) is 67.3. The van der Waals surface area contributed by atoms with Gasteiger partial charge in [0.15, 0.2) is 45.3 Å². The molecular formula is C84H92F2N12O18S2. The van der Waals surface area contributed by atoms with E-state index in [4.69, 9.17) is 37.7 Å². The Balaban J connectivity index is 0.000000185. The molecule has 6 heterocycles. The van der Waals surface area contributed by atoms with Crippen molar-refractivity contribution in [2.75, 3.05) is 32.6 Å². The molecule has 0 unspecified atom stereocenters. The van der Waals surface area contributed by atoms with Gasteiger partial charge in [0.2, 0.25) is 43.7 Å². The Labute approximate surface area is 677 Å². The summed E-state index contributed by atoms with van der Waals surface area (Å²) < 4.78 is 122. The van der Waals surface area contributed by atoms with E-state index in [1.807, 2.05) is 0 Å². The van der Waals surface area contributed by atoms with Gasteiger partial charge in [0.05, 0.1) is 59.6 Å². The number of furan rings is 2. The van der Waals surface area contributed by atoms with Crippen molar-refractivity contribution in [3.05, 3.63) is 140 Å². The maximum Gasteiger partial charge on any atom is 0.319 e. The van der Waals surface area contributed by atoms with Gasteiger partial charge < -0.3 is 69.5 Å². The highest BCUT2D eigenvalue weighted by Crippen LogP contribution is 2.49. The van der Waals surface area contributed by atoms with Gasteiger partial charge in [-0.2, -0.15) is 0 Å². The molecule has 0 bridgehead atoms. The van der Waals surface area contributed by atoms with Crippen molar-refractivity contribution in [2.24, 2.45) is 23.7 Å². The molecule has 2 saturated heterocycles. The number of sulfonamides is 2. The number of fused-ring (bicyclic) bond motifs is 8. The molecular weight excluding hydrogens is 1570 g/mol. The fraction of sp³-hybridized carbons (Fsp3) is 0.429. The van der Waals surface area contributed by atoms with Gasteiger partial charge in [0.1, 0.15) is 70.1 Å². The first-order chi connectivity index (χ1) is 56.4. The van der Waals surface area contributed by atoms with E-state index in [1.165, 1.54) is 72.6 Å². The van der Waals surface area contributed by atoms with Crippen LogP contribution in [0.25, 0.3) is 65.9 Å². The summed E-state index contributed by atoms with van der Waals surface area (Å²) in [6.07, 6.45) is 7.77. The molecule has 10 atom stereocenters. The van der Waals surface area contributed by atoms with Crippen LogP contribution < -0.4 is 60.3 Å². The number of hydrogen-bond donors (Lipinski definition) is 8. The molecule has 7 fully saturated rings. The first kappa shape index (κ1) is 81.5. The van der Waals surface area contributed by atoms with Crippen molar-refractivity contribution >= 4 is 139 Å².